The summed E-state index contributed by atoms with van der Waals surface area (Å²) in [6.45, 7) is 0.687. The molecule has 0 atom stereocenters. The highest BCUT2D eigenvalue weighted by Crippen LogP contribution is 2.25. The lowest BCUT2D eigenvalue weighted by Crippen LogP contribution is -2.35. The third-order valence-electron chi connectivity index (χ3n) is 4.63. The summed E-state index contributed by atoms with van der Waals surface area (Å²) < 4.78 is 0. The highest BCUT2D eigenvalue weighted by molar-refractivity contribution is 8.00. The number of benzene rings is 1. The molecule has 1 N–H and O–H groups in total. The number of fused-ring (bicyclic) bond motifs is 1. The van der Waals surface area contributed by atoms with Crippen molar-refractivity contribution in [3.8, 4) is 0 Å². The van der Waals surface area contributed by atoms with E-state index in [1.165, 1.54) is 37.4 Å². The van der Waals surface area contributed by atoms with E-state index in [1.54, 1.807) is 0 Å². The fraction of sp³-hybridized carbons (Fsp3) is 0.550. The van der Waals surface area contributed by atoms with Crippen molar-refractivity contribution in [2.24, 2.45) is 0 Å². The van der Waals surface area contributed by atoms with Crippen LogP contribution in [-0.4, -0.2) is 46.7 Å². The Kier molecular flexibility index (Phi) is 6.86. The predicted molar refractivity (Wildman–Crippen MR) is 107 cm³/mol. The van der Waals surface area contributed by atoms with E-state index in [0.29, 0.717) is 18.3 Å². The Hall–Kier alpha value is -1.66. The number of rotatable bonds is 6. The lowest BCUT2D eigenvalue weighted by Gasteiger charge is -2.16. The third-order valence-corrected chi connectivity index (χ3v) is 5.62. The molecule has 1 aliphatic carbocycles. The Morgan fingerprint density at radius 1 is 1.15 bits per heavy atom. The van der Waals surface area contributed by atoms with Crippen LogP contribution >= 0.6 is 11.8 Å². The summed E-state index contributed by atoms with van der Waals surface area (Å²) in [4.78, 5) is 23.8. The Morgan fingerprint density at radius 2 is 1.88 bits per heavy atom. The smallest absolute Gasteiger partial charge is 0.230 e. The zero-order chi connectivity index (χ0) is 18.4. The van der Waals surface area contributed by atoms with Gasteiger partial charge in [0, 0.05) is 11.4 Å². The molecule has 0 unspecified atom stereocenters. The van der Waals surface area contributed by atoms with Crippen molar-refractivity contribution < 1.29 is 4.79 Å². The van der Waals surface area contributed by atoms with E-state index in [2.05, 4.69) is 15.2 Å². The van der Waals surface area contributed by atoms with E-state index in [-0.39, 0.29) is 5.91 Å². The summed E-state index contributed by atoms with van der Waals surface area (Å²) in [6, 6.07) is 8.36. The molecule has 0 bridgehead atoms. The van der Waals surface area contributed by atoms with Gasteiger partial charge in [-0.3, -0.25) is 4.79 Å². The lowest BCUT2D eigenvalue weighted by molar-refractivity contribution is -0.119. The van der Waals surface area contributed by atoms with Crippen LogP contribution in [0.3, 0.4) is 0 Å². The first kappa shape index (κ1) is 19.1. The predicted octanol–water partition coefficient (Wildman–Crippen LogP) is 3.62. The van der Waals surface area contributed by atoms with Gasteiger partial charge in [-0.1, -0.05) is 55.6 Å². The molecule has 140 valence electrons. The van der Waals surface area contributed by atoms with Crippen LogP contribution in [0.5, 0.6) is 0 Å². The first-order valence-corrected chi connectivity index (χ1v) is 10.4. The fourth-order valence-corrected chi connectivity index (χ4v) is 4.23. The summed E-state index contributed by atoms with van der Waals surface area (Å²) in [5, 5.41) is 5.12. The van der Waals surface area contributed by atoms with E-state index in [9.17, 15) is 4.79 Å². The molecule has 5 nitrogen and oxygen atoms in total. The number of amides is 1. The number of nitrogens with one attached hydrogen (secondary N) is 1. The summed E-state index contributed by atoms with van der Waals surface area (Å²) in [7, 11) is 4.01. The molecule has 1 saturated carbocycles. The minimum atomic E-state index is 0.110. The van der Waals surface area contributed by atoms with Crippen LogP contribution in [-0.2, 0) is 11.3 Å². The molecule has 0 saturated heterocycles. The molecule has 1 aromatic heterocycles. The number of hydrogen-bond donors (Lipinski definition) is 1. The van der Waals surface area contributed by atoms with Gasteiger partial charge in [0.05, 0.1) is 17.8 Å². The van der Waals surface area contributed by atoms with Crippen LogP contribution in [0.1, 0.15) is 44.3 Å². The molecular formula is C20H28N4OS. The van der Waals surface area contributed by atoms with E-state index in [1.807, 2.05) is 38.4 Å². The number of thioether (sulfide) groups is 1. The molecular weight excluding hydrogens is 344 g/mol. The molecule has 26 heavy (non-hydrogen) atoms. The van der Waals surface area contributed by atoms with Crippen LogP contribution in [0.15, 0.2) is 29.3 Å². The standard InChI is InChI=1S/C20H28N4OS/c1-24(2)13-18-22-17-12-8-7-11-16(17)20(23-18)26-14-19(25)21-15-9-5-3-4-6-10-15/h7-8,11-12,15H,3-6,9-10,13-14H2,1-2H3,(H,21,25). The maximum Gasteiger partial charge on any atom is 0.230 e. The first-order chi connectivity index (χ1) is 12.6. The summed E-state index contributed by atoms with van der Waals surface area (Å²) >= 11 is 1.51. The third kappa shape index (κ3) is 5.42. The lowest BCUT2D eigenvalue weighted by atomic mass is 10.1. The Labute approximate surface area is 160 Å². The Balaban J connectivity index is 1.67. The molecule has 1 amide bonds. The van der Waals surface area contributed by atoms with Crippen molar-refractivity contribution in [3.05, 3.63) is 30.1 Å². The van der Waals surface area contributed by atoms with Crippen molar-refractivity contribution in [2.75, 3.05) is 19.8 Å². The van der Waals surface area contributed by atoms with Gasteiger partial charge in [-0.15, -0.1) is 0 Å². The maximum atomic E-state index is 12.4. The Bertz CT molecular complexity index is 742. The van der Waals surface area contributed by atoms with Crippen LogP contribution in [0.25, 0.3) is 10.9 Å². The van der Waals surface area contributed by atoms with Gasteiger partial charge in [-0.25, -0.2) is 9.97 Å². The Morgan fingerprint density at radius 3 is 2.62 bits per heavy atom. The van der Waals surface area contributed by atoms with Gasteiger partial charge in [0.15, 0.2) is 0 Å². The number of hydrogen-bond acceptors (Lipinski definition) is 5. The molecule has 3 rings (SSSR count). The number of para-hydroxylation sites is 1. The highest BCUT2D eigenvalue weighted by atomic mass is 32.2. The topological polar surface area (TPSA) is 58.1 Å². The molecule has 1 aliphatic rings. The maximum absolute atomic E-state index is 12.4. The van der Waals surface area contributed by atoms with E-state index < -0.39 is 0 Å². The summed E-state index contributed by atoms with van der Waals surface area (Å²) in [5.41, 5.74) is 0.936. The minimum Gasteiger partial charge on any atom is -0.353 e. The van der Waals surface area contributed by atoms with Crippen molar-refractivity contribution in [1.82, 2.24) is 20.2 Å². The van der Waals surface area contributed by atoms with Gasteiger partial charge >= 0.3 is 0 Å². The largest absolute Gasteiger partial charge is 0.353 e. The van der Waals surface area contributed by atoms with Crippen LogP contribution in [0.2, 0.25) is 0 Å². The molecule has 1 fully saturated rings. The van der Waals surface area contributed by atoms with Gasteiger partial charge in [0.1, 0.15) is 10.9 Å². The normalized spacial score (nSPS) is 16.0. The fourth-order valence-electron chi connectivity index (χ4n) is 3.38. The van der Waals surface area contributed by atoms with Gasteiger partial charge in [-0.05, 0) is 33.0 Å². The van der Waals surface area contributed by atoms with Gasteiger partial charge in [-0.2, -0.15) is 0 Å². The monoisotopic (exact) mass is 372 g/mol. The summed E-state index contributed by atoms with van der Waals surface area (Å²) in [5.74, 6) is 1.30. The van der Waals surface area contributed by atoms with E-state index in [0.717, 1.165) is 34.6 Å². The molecule has 0 aliphatic heterocycles. The van der Waals surface area contributed by atoms with Gasteiger partial charge in [0.2, 0.25) is 5.91 Å². The van der Waals surface area contributed by atoms with Gasteiger partial charge in [0.25, 0.3) is 0 Å². The molecule has 0 radical (unpaired) electrons. The van der Waals surface area contributed by atoms with Crippen molar-refractivity contribution in [3.63, 3.8) is 0 Å². The molecule has 1 aromatic carbocycles. The molecule has 1 heterocycles. The highest BCUT2D eigenvalue weighted by Gasteiger charge is 2.16. The van der Waals surface area contributed by atoms with Gasteiger partial charge < -0.3 is 10.2 Å². The number of nitrogens with zero attached hydrogens (tertiary/aromatic N) is 3. The number of carbonyl (C=O) groups is 1. The zero-order valence-corrected chi connectivity index (χ0v) is 16.5. The second-order valence-electron chi connectivity index (χ2n) is 7.24. The molecule has 6 heteroatoms. The van der Waals surface area contributed by atoms with Crippen molar-refractivity contribution in [2.45, 2.75) is 56.1 Å². The van der Waals surface area contributed by atoms with E-state index >= 15 is 0 Å². The first-order valence-electron chi connectivity index (χ1n) is 9.44. The SMILES string of the molecule is CN(C)Cc1nc(SCC(=O)NC2CCCCCC2)c2ccccc2n1. The van der Waals surface area contributed by atoms with Crippen LogP contribution in [0.4, 0.5) is 0 Å². The summed E-state index contributed by atoms with van der Waals surface area (Å²) in [6.07, 6.45) is 7.26. The average Bonchev–Trinajstić information content (AvgIpc) is 2.87. The second-order valence-corrected chi connectivity index (χ2v) is 8.21. The van der Waals surface area contributed by atoms with Crippen molar-refractivity contribution in [1.29, 1.82) is 0 Å². The van der Waals surface area contributed by atoms with E-state index in [4.69, 9.17) is 4.98 Å². The minimum absolute atomic E-state index is 0.110. The zero-order valence-electron chi connectivity index (χ0n) is 15.7. The molecule has 2 aromatic rings. The number of aromatic nitrogens is 2. The molecule has 0 spiro atoms. The van der Waals surface area contributed by atoms with Crippen molar-refractivity contribution >= 4 is 28.6 Å². The average molecular weight is 373 g/mol. The van der Waals surface area contributed by atoms with Crippen LogP contribution < -0.4 is 5.32 Å². The second kappa shape index (κ2) is 9.33. The van der Waals surface area contributed by atoms with Crippen LogP contribution in [0, 0.1) is 0 Å². The quantitative estimate of drug-likeness (QED) is 0.477. The number of carbonyl (C=O) groups excluding carboxylic acids is 1.